The minimum Gasteiger partial charge on any atom is -0.308 e. The Morgan fingerprint density at radius 1 is 1.46 bits per heavy atom. The molecule has 6 nitrogen and oxygen atoms in total. The highest BCUT2D eigenvalue weighted by molar-refractivity contribution is 7.19. The van der Waals surface area contributed by atoms with E-state index < -0.39 is 0 Å². The molecule has 1 fully saturated rings. The van der Waals surface area contributed by atoms with E-state index >= 15 is 0 Å². The number of hydrogen-bond donors (Lipinski definition) is 2. The van der Waals surface area contributed by atoms with Crippen LogP contribution in [0.15, 0.2) is 16.0 Å². The second-order valence-electron chi connectivity index (χ2n) is 7.36. The largest absolute Gasteiger partial charge is 0.308 e. The fourth-order valence-electron chi connectivity index (χ4n) is 3.52. The van der Waals surface area contributed by atoms with Gasteiger partial charge in [-0.3, -0.25) is 9.69 Å². The topological polar surface area (TPSA) is 73.4 Å². The highest BCUT2D eigenvalue weighted by atomic mass is 32.1. The summed E-state index contributed by atoms with van der Waals surface area (Å²) in [6.07, 6.45) is 3.15. The lowest BCUT2D eigenvalue weighted by Gasteiger charge is -2.24. The first-order chi connectivity index (χ1) is 11.5. The standard InChI is InChI=1S/C17H23N5OS/c1-10-4-5-22(7-10)8-14-19-12-6-13(24-15(12)16(23)20-14)17(3)9-18-21-11(17)2/h6,9-11,21H,4-5,7-8H2,1-3H3,(H,19,20,23)/t10-,11?,17?/m0/s1. The number of thiophene rings is 1. The zero-order chi connectivity index (χ0) is 16.9. The van der Waals surface area contributed by atoms with Crippen molar-refractivity contribution in [3.8, 4) is 0 Å². The Kier molecular flexibility index (Phi) is 3.73. The first kappa shape index (κ1) is 15.8. The van der Waals surface area contributed by atoms with Gasteiger partial charge in [-0.1, -0.05) is 6.92 Å². The minimum absolute atomic E-state index is 0.0300. The smallest absolute Gasteiger partial charge is 0.268 e. The zero-order valence-corrected chi connectivity index (χ0v) is 15.1. The lowest BCUT2D eigenvalue weighted by atomic mass is 9.84. The molecule has 2 aliphatic heterocycles. The van der Waals surface area contributed by atoms with Crippen molar-refractivity contribution in [2.75, 3.05) is 13.1 Å². The summed E-state index contributed by atoms with van der Waals surface area (Å²) in [4.78, 5) is 23.7. The average molecular weight is 345 g/mol. The van der Waals surface area contributed by atoms with Gasteiger partial charge in [-0.25, -0.2) is 4.98 Å². The first-order valence-corrected chi connectivity index (χ1v) is 9.32. The summed E-state index contributed by atoms with van der Waals surface area (Å²) in [5, 5.41) is 4.20. The summed E-state index contributed by atoms with van der Waals surface area (Å²) < 4.78 is 0.706. The summed E-state index contributed by atoms with van der Waals surface area (Å²) in [6.45, 7) is 9.40. The molecule has 4 rings (SSSR count). The van der Waals surface area contributed by atoms with E-state index in [4.69, 9.17) is 4.98 Å². The van der Waals surface area contributed by atoms with Crippen LogP contribution >= 0.6 is 11.3 Å². The fraction of sp³-hybridized carbons (Fsp3) is 0.588. The molecule has 0 amide bonds. The third-order valence-corrected chi connectivity index (χ3v) is 6.72. The maximum Gasteiger partial charge on any atom is 0.268 e. The third kappa shape index (κ3) is 2.56. The molecule has 0 aromatic carbocycles. The molecule has 24 heavy (non-hydrogen) atoms. The lowest BCUT2D eigenvalue weighted by molar-refractivity contribution is 0.312. The van der Waals surface area contributed by atoms with Crippen molar-refractivity contribution < 1.29 is 0 Å². The van der Waals surface area contributed by atoms with Gasteiger partial charge in [0.2, 0.25) is 0 Å². The number of hydrazone groups is 1. The summed E-state index contributed by atoms with van der Waals surface area (Å²) in [6, 6.07) is 2.26. The van der Waals surface area contributed by atoms with Crippen molar-refractivity contribution in [2.45, 2.75) is 45.2 Å². The average Bonchev–Trinajstić information content (AvgIpc) is 3.21. The Labute approximate surface area is 145 Å². The van der Waals surface area contributed by atoms with Crippen LogP contribution < -0.4 is 11.0 Å². The molecule has 1 saturated heterocycles. The van der Waals surface area contributed by atoms with E-state index in [1.165, 1.54) is 17.8 Å². The SMILES string of the molecule is CC1NN=CC1(C)c1cc2nc(CN3CC[C@H](C)C3)[nH]c(=O)c2s1. The second kappa shape index (κ2) is 5.67. The van der Waals surface area contributed by atoms with E-state index in [1.807, 2.05) is 6.21 Å². The summed E-state index contributed by atoms with van der Waals surface area (Å²) >= 11 is 1.52. The number of likely N-dealkylation sites (tertiary alicyclic amines) is 1. The van der Waals surface area contributed by atoms with Gasteiger partial charge >= 0.3 is 0 Å². The Hall–Kier alpha value is -1.73. The van der Waals surface area contributed by atoms with Gasteiger partial charge in [-0.2, -0.15) is 5.10 Å². The van der Waals surface area contributed by atoms with Crippen LogP contribution in [0, 0.1) is 5.92 Å². The van der Waals surface area contributed by atoms with Crippen molar-refractivity contribution in [3.63, 3.8) is 0 Å². The number of aromatic nitrogens is 2. The Morgan fingerprint density at radius 2 is 2.29 bits per heavy atom. The third-order valence-electron chi connectivity index (χ3n) is 5.34. The van der Waals surface area contributed by atoms with Crippen LogP contribution in [0.4, 0.5) is 0 Å². The first-order valence-electron chi connectivity index (χ1n) is 8.51. The lowest BCUT2D eigenvalue weighted by Crippen LogP contribution is -2.37. The van der Waals surface area contributed by atoms with Crippen LogP contribution in [0.1, 0.15) is 37.9 Å². The van der Waals surface area contributed by atoms with E-state index in [0.717, 1.165) is 41.8 Å². The van der Waals surface area contributed by atoms with Crippen molar-refractivity contribution >= 4 is 27.8 Å². The van der Waals surface area contributed by atoms with Gasteiger partial charge < -0.3 is 10.4 Å². The molecular formula is C17H23N5OS. The highest BCUT2D eigenvalue weighted by Gasteiger charge is 2.37. The van der Waals surface area contributed by atoms with Crippen molar-refractivity contribution in [3.05, 3.63) is 27.1 Å². The fourth-order valence-corrected chi connectivity index (χ4v) is 4.71. The van der Waals surface area contributed by atoms with Gasteiger partial charge in [0.1, 0.15) is 10.5 Å². The summed E-state index contributed by atoms with van der Waals surface area (Å²) in [7, 11) is 0. The molecule has 0 saturated carbocycles. The van der Waals surface area contributed by atoms with Crippen molar-refractivity contribution in [1.29, 1.82) is 0 Å². The van der Waals surface area contributed by atoms with E-state index in [1.54, 1.807) is 0 Å². The van der Waals surface area contributed by atoms with Crippen molar-refractivity contribution in [1.82, 2.24) is 20.3 Å². The van der Waals surface area contributed by atoms with E-state index in [0.29, 0.717) is 4.70 Å². The quantitative estimate of drug-likeness (QED) is 0.893. The second-order valence-corrected chi connectivity index (χ2v) is 8.41. The number of fused-ring (bicyclic) bond motifs is 1. The van der Waals surface area contributed by atoms with Gasteiger partial charge in [-0.15, -0.1) is 11.3 Å². The van der Waals surface area contributed by atoms with Gasteiger partial charge in [0.15, 0.2) is 0 Å². The molecule has 2 aromatic rings. The van der Waals surface area contributed by atoms with Crippen LogP contribution in [0.25, 0.3) is 10.2 Å². The molecule has 4 heterocycles. The van der Waals surface area contributed by atoms with Gasteiger partial charge in [0.05, 0.1) is 23.5 Å². The van der Waals surface area contributed by atoms with E-state index in [-0.39, 0.29) is 17.0 Å². The van der Waals surface area contributed by atoms with Gasteiger partial charge in [0, 0.05) is 17.6 Å². The van der Waals surface area contributed by atoms with Crippen LogP contribution in [-0.2, 0) is 12.0 Å². The molecule has 0 spiro atoms. The number of hydrogen-bond acceptors (Lipinski definition) is 6. The molecule has 128 valence electrons. The van der Waals surface area contributed by atoms with Gasteiger partial charge in [-0.05, 0) is 38.8 Å². The molecule has 0 radical (unpaired) electrons. The monoisotopic (exact) mass is 345 g/mol. The number of rotatable bonds is 3. The molecular weight excluding hydrogens is 322 g/mol. The van der Waals surface area contributed by atoms with Crippen LogP contribution in [0.3, 0.4) is 0 Å². The number of aromatic amines is 1. The molecule has 2 aliphatic rings. The van der Waals surface area contributed by atoms with Gasteiger partial charge in [0.25, 0.3) is 5.56 Å². The maximum atomic E-state index is 12.5. The molecule has 0 aliphatic carbocycles. The van der Waals surface area contributed by atoms with Crippen LogP contribution in [0.5, 0.6) is 0 Å². The van der Waals surface area contributed by atoms with E-state index in [2.05, 4.69) is 47.2 Å². The number of nitrogens with one attached hydrogen (secondary N) is 2. The van der Waals surface area contributed by atoms with Crippen molar-refractivity contribution in [2.24, 2.45) is 11.0 Å². The highest BCUT2D eigenvalue weighted by Crippen LogP contribution is 2.35. The zero-order valence-electron chi connectivity index (χ0n) is 14.3. The summed E-state index contributed by atoms with van der Waals surface area (Å²) in [5.74, 6) is 1.49. The van der Waals surface area contributed by atoms with Crippen LogP contribution in [-0.4, -0.2) is 40.2 Å². The molecule has 7 heteroatoms. The van der Waals surface area contributed by atoms with E-state index in [9.17, 15) is 4.79 Å². The predicted octanol–water partition coefficient (Wildman–Crippen LogP) is 2.06. The Balaban J connectivity index is 1.68. The maximum absolute atomic E-state index is 12.5. The molecule has 0 bridgehead atoms. The number of nitrogens with zero attached hydrogens (tertiary/aromatic N) is 3. The normalized spacial score (nSPS) is 30.3. The molecule has 3 atom stereocenters. The summed E-state index contributed by atoms with van der Waals surface area (Å²) in [5.41, 5.74) is 3.67. The van der Waals surface area contributed by atoms with Crippen LogP contribution in [0.2, 0.25) is 0 Å². The Bertz CT molecular complexity index is 856. The molecule has 2 N–H and O–H groups in total. The molecule has 2 aromatic heterocycles. The molecule has 2 unspecified atom stereocenters. The number of H-pyrrole nitrogens is 1. The Morgan fingerprint density at radius 3 is 2.96 bits per heavy atom. The predicted molar refractivity (Wildman–Crippen MR) is 97.7 cm³/mol. The minimum atomic E-state index is -0.192.